The molecule has 0 saturated carbocycles. The van der Waals surface area contributed by atoms with Gasteiger partial charge in [0.25, 0.3) is 5.56 Å². The lowest BCUT2D eigenvalue weighted by Gasteiger charge is -2.26. The minimum Gasteiger partial charge on any atom is -0.379 e. The van der Waals surface area contributed by atoms with Crippen molar-refractivity contribution in [2.75, 3.05) is 26.1 Å². The number of nitrogens with zero attached hydrogens (tertiary/aromatic N) is 1. The Kier molecular flexibility index (Phi) is 10.2. The zero-order chi connectivity index (χ0) is 24.3. The smallest absolute Gasteiger partial charge is 0.330 e. The third kappa shape index (κ3) is 7.43. The molecule has 0 aromatic carbocycles. The van der Waals surface area contributed by atoms with Crippen molar-refractivity contribution in [3.8, 4) is 0 Å². The largest absolute Gasteiger partial charge is 0.379 e. The van der Waals surface area contributed by atoms with Gasteiger partial charge in [0.15, 0.2) is 8.38 Å². The number of nitrogens with one attached hydrogen (secondary N) is 1. The highest BCUT2D eigenvalue weighted by molar-refractivity contribution is 14.1. The predicted molar refractivity (Wildman–Crippen MR) is 144 cm³/mol. The van der Waals surface area contributed by atoms with Gasteiger partial charge in [-0.3, -0.25) is 14.3 Å². The van der Waals surface area contributed by atoms with Crippen LogP contribution in [-0.2, 0) is 34.9 Å². The van der Waals surface area contributed by atoms with Crippen molar-refractivity contribution >= 4 is 56.9 Å². The molecule has 3 heterocycles. The zero-order valence-electron chi connectivity index (χ0n) is 19.6. The molecule has 2 saturated heterocycles. The van der Waals surface area contributed by atoms with Crippen LogP contribution in [-0.4, -0.2) is 73.9 Å². The molecule has 1 N–H and O–H groups in total. The summed E-state index contributed by atoms with van der Waals surface area (Å²) >= 11 is 7.52. The van der Waals surface area contributed by atoms with Crippen molar-refractivity contribution in [2.24, 2.45) is 0 Å². The van der Waals surface area contributed by atoms with E-state index in [0.29, 0.717) is 16.6 Å². The van der Waals surface area contributed by atoms with Crippen molar-refractivity contribution in [3.05, 3.63) is 30.6 Å². The van der Waals surface area contributed by atoms with E-state index in [9.17, 15) is 9.59 Å². The molecule has 2 fully saturated rings. The van der Waals surface area contributed by atoms with E-state index in [0.717, 1.165) is 19.0 Å². The molecular formula is C19H32BIN2O7P2S. The van der Waals surface area contributed by atoms with Gasteiger partial charge in [-0.15, -0.1) is 0 Å². The fraction of sp³-hybridized carbons (Fsp3) is 0.789. The summed E-state index contributed by atoms with van der Waals surface area (Å²) in [6.45, 7) is 8.39. The summed E-state index contributed by atoms with van der Waals surface area (Å²) in [5.41, 5.74) is -0.888. The first kappa shape index (κ1) is 27.9. The number of aromatic nitrogens is 2. The molecule has 3 rings (SSSR count). The summed E-state index contributed by atoms with van der Waals surface area (Å²) in [6.07, 6.45) is 1.49. The molecule has 9 nitrogen and oxygen atoms in total. The maximum Gasteiger partial charge on any atom is 0.330 e. The molecule has 8 unspecified atom stereocenters. The standard InChI is InChI=1S/C19H32BIN2O7P2S/c1-5-12-13(8-17(28-12)23-9-11(21)18(24)22-19(23)25)29-31(3)26-10-15-14(7-16(20)27-15)30-32(4,33)6-2/h9,12-17H,5-8,10,20H2,1-4H3,(H,22,24,25). The van der Waals surface area contributed by atoms with E-state index in [1.165, 1.54) is 10.8 Å². The average molecular weight is 632 g/mol. The van der Waals surface area contributed by atoms with Gasteiger partial charge in [-0.2, -0.15) is 0 Å². The van der Waals surface area contributed by atoms with Gasteiger partial charge in [0, 0.05) is 25.3 Å². The van der Waals surface area contributed by atoms with E-state index in [2.05, 4.69) is 11.9 Å². The van der Waals surface area contributed by atoms with Crippen LogP contribution in [0.3, 0.4) is 0 Å². The van der Waals surface area contributed by atoms with E-state index in [4.69, 9.17) is 34.9 Å². The maximum atomic E-state index is 12.3. The Bertz CT molecular complexity index is 982. The molecule has 0 aliphatic carbocycles. The van der Waals surface area contributed by atoms with E-state index >= 15 is 0 Å². The van der Waals surface area contributed by atoms with Crippen LogP contribution in [0.2, 0.25) is 0 Å². The molecule has 14 heteroatoms. The normalized spacial score (nSPS) is 32.6. The van der Waals surface area contributed by atoms with Crippen molar-refractivity contribution in [1.29, 1.82) is 0 Å². The van der Waals surface area contributed by atoms with E-state index in [1.807, 2.05) is 50.7 Å². The van der Waals surface area contributed by atoms with Crippen LogP contribution in [0.4, 0.5) is 0 Å². The van der Waals surface area contributed by atoms with Gasteiger partial charge in [0.2, 0.25) is 0 Å². The Morgan fingerprint density at radius 2 is 2.03 bits per heavy atom. The minimum absolute atomic E-state index is 0.0589. The molecule has 0 radical (unpaired) electrons. The van der Waals surface area contributed by atoms with Crippen molar-refractivity contribution in [2.45, 2.75) is 69.8 Å². The quantitative estimate of drug-likeness (QED) is 0.239. The second kappa shape index (κ2) is 12.1. The Balaban J connectivity index is 1.57. The highest BCUT2D eigenvalue weighted by Gasteiger charge is 2.39. The average Bonchev–Trinajstić information content (AvgIpc) is 3.31. The predicted octanol–water partition coefficient (Wildman–Crippen LogP) is 2.36. The molecule has 2 aliphatic heterocycles. The minimum atomic E-state index is -1.81. The Morgan fingerprint density at radius 1 is 1.30 bits per heavy atom. The molecule has 0 spiro atoms. The number of rotatable bonds is 10. The molecule has 8 atom stereocenters. The van der Waals surface area contributed by atoms with Crippen molar-refractivity contribution < 1.29 is 23.0 Å². The molecule has 1 aromatic heterocycles. The van der Waals surface area contributed by atoms with Gasteiger partial charge < -0.3 is 23.0 Å². The van der Waals surface area contributed by atoms with Crippen LogP contribution >= 0.6 is 37.2 Å². The van der Waals surface area contributed by atoms with Crippen LogP contribution in [0.5, 0.6) is 0 Å². The number of halogens is 1. The van der Waals surface area contributed by atoms with E-state index < -0.39 is 32.1 Å². The van der Waals surface area contributed by atoms with E-state index in [1.54, 1.807) is 0 Å². The lowest BCUT2D eigenvalue weighted by Crippen LogP contribution is -2.33. The second-order valence-electron chi connectivity index (χ2n) is 8.49. The summed E-state index contributed by atoms with van der Waals surface area (Å²) in [4.78, 5) is 26.3. The lowest BCUT2D eigenvalue weighted by molar-refractivity contribution is -0.0203. The van der Waals surface area contributed by atoms with Crippen LogP contribution in [0.25, 0.3) is 0 Å². The Hall–Kier alpha value is 0.355. The summed E-state index contributed by atoms with van der Waals surface area (Å²) in [5, 5.41) is 0. The third-order valence-electron chi connectivity index (χ3n) is 5.84. The van der Waals surface area contributed by atoms with Gasteiger partial charge in [-0.25, -0.2) is 4.79 Å². The molecule has 186 valence electrons. The van der Waals surface area contributed by atoms with Gasteiger partial charge >= 0.3 is 5.69 Å². The van der Waals surface area contributed by atoms with Crippen LogP contribution < -0.4 is 11.2 Å². The Morgan fingerprint density at radius 3 is 2.70 bits per heavy atom. The van der Waals surface area contributed by atoms with Crippen molar-refractivity contribution in [1.82, 2.24) is 9.55 Å². The SMILES string of the molecule is BC1CC(OP(C)(=S)CC)C(COP(C)OC2CC(n3cc(I)c(=O)[nH]c3=O)OC2CC)O1. The lowest BCUT2D eigenvalue weighted by atomic mass is 9.96. The molecule has 0 bridgehead atoms. The number of ether oxygens (including phenoxy) is 2. The molecule has 2 aliphatic rings. The summed E-state index contributed by atoms with van der Waals surface area (Å²) in [5.74, 6) is 0. The molecule has 0 amide bonds. The Labute approximate surface area is 215 Å². The van der Waals surface area contributed by atoms with Gasteiger partial charge in [0.05, 0.1) is 34.8 Å². The first-order valence-corrected chi connectivity index (χ1v) is 17.2. The van der Waals surface area contributed by atoms with Gasteiger partial charge in [-0.05, 0) is 48.3 Å². The maximum absolute atomic E-state index is 12.3. The van der Waals surface area contributed by atoms with Crippen molar-refractivity contribution in [3.63, 3.8) is 0 Å². The number of H-pyrrole nitrogens is 1. The summed E-state index contributed by atoms with van der Waals surface area (Å²) < 4.78 is 32.5. The number of aromatic amines is 1. The topological polar surface area (TPSA) is 101 Å². The summed E-state index contributed by atoms with van der Waals surface area (Å²) in [6, 6.07) is 0.103. The van der Waals surface area contributed by atoms with Crippen LogP contribution in [0, 0.1) is 3.57 Å². The van der Waals surface area contributed by atoms with Crippen LogP contribution in [0.1, 0.15) is 39.3 Å². The third-order valence-corrected chi connectivity index (χ3v) is 10.6. The number of hydrogen-bond acceptors (Lipinski definition) is 8. The highest BCUT2D eigenvalue weighted by atomic mass is 127. The first-order valence-electron chi connectivity index (χ1n) is 11.1. The first-order chi connectivity index (χ1) is 15.5. The monoisotopic (exact) mass is 632 g/mol. The molecule has 1 aromatic rings. The fourth-order valence-electron chi connectivity index (χ4n) is 3.96. The molecular weight excluding hydrogens is 600 g/mol. The van der Waals surface area contributed by atoms with E-state index in [-0.39, 0.29) is 30.4 Å². The van der Waals surface area contributed by atoms with Gasteiger partial charge in [-0.1, -0.05) is 25.7 Å². The fourth-order valence-corrected chi connectivity index (χ4v) is 6.69. The second-order valence-corrected chi connectivity index (χ2v) is 16.2. The van der Waals surface area contributed by atoms with Gasteiger partial charge in [0.1, 0.15) is 20.2 Å². The highest BCUT2D eigenvalue weighted by Crippen LogP contribution is 2.47. The summed E-state index contributed by atoms with van der Waals surface area (Å²) in [7, 11) is 0.840. The van der Waals surface area contributed by atoms with Crippen LogP contribution in [0.15, 0.2) is 15.8 Å². The molecule has 33 heavy (non-hydrogen) atoms. The zero-order valence-corrected chi connectivity index (χ0v) is 24.3. The number of hydrogen-bond donors (Lipinski definition) is 1.